The van der Waals surface area contributed by atoms with Gasteiger partial charge in [-0.05, 0) is 26.3 Å². The largest absolute Gasteiger partial charge is 0.392 e. The summed E-state index contributed by atoms with van der Waals surface area (Å²) in [4.78, 5) is 2.29. The number of likely N-dealkylation sites (N-methyl/N-ethyl adjacent to an activating group) is 1. The van der Waals surface area contributed by atoms with Crippen LogP contribution in [0.25, 0.3) is 0 Å². The molecule has 1 heterocycles. The maximum atomic E-state index is 9.66. The van der Waals surface area contributed by atoms with E-state index < -0.39 is 0 Å². The third kappa shape index (κ3) is 3.14. The molecule has 0 spiro atoms. The van der Waals surface area contributed by atoms with Crippen molar-refractivity contribution in [1.29, 1.82) is 0 Å². The Bertz CT molecular complexity index is 201. The van der Waals surface area contributed by atoms with Gasteiger partial charge in [-0.2, -0.15) is 0 Å². The molecule has 0 aromatic carbocycles. The van der Waals surface area contributed by atoms with E-state index in [1.165, 1.54) is 0 Å². The molecule has 1 aliphatic heterocycles. The topological polar surface area (TPSA) is 44.7 Å². The lowest BCUT2D eigenvalue weighted by Gasteiger charge is -2.31. The van der Waals surface area contributed by atoms with Crippen molar-refractivity contribution in [2.45, 2.75) is 37.5 Å². The Morgan fingerprint density at radius 2 is 2.33 bits per heavy atom. The minimum Gasteiger partial charge on any atom is -0.392 e. The minimum atomic E-state index is -0.147. The van der Waals surface area contributed by atoms with Crippen LogP contribution in [0.3, 0.4) is 0 Å². The molecule has 2 fully saturated rings. The summed E-state index contributed by atoms with van der Waals surface area (Å²) in [5, 5.41) is 13.1. The molecule has 88 valence electrons. The molecule has 3 atom stereocenters. The Hall–Kier alpha value is -0.160. The van der Waals surface area contributed by atoms with Crippen molar-refractivity contribution in [3.8, 4) is 0 Å². The standard InChI is InChI=1S/C11H22N2O2/c1-13-5-6-15-9(8-13)7-12-10-3-2-4-11(10)14/h9-12,14H,2-8H2,1H3/t9?,10-,11-/m0/s1. The average Bonchev–Trinajstić information content (AvgIpc) is 2.61. The van der Waals surface area contributed by atoms with Gasteiger partial charge in [0.2, 0.25) is 0 Å². The van der Waals surface area contributed by atoms with E-state index in [0.29, 0.717) is 6.04 Å². The number of hydrogen-bond acceptors (Lipinski definition) is 4. The van der Waals surface area contributed by atoms with E-state index >= 15 is 0 Å². The van der Waals surface area contributed by atoms with Crippen LogP contribution in [-0.2, 0) is 4.74 Å². The van der Waals surface area contributed by atoms with Crippen LogP contribution in [0.1, 0.15) is 19.3 Å². The third-order valence-corrected chi connectivity index (χ3v) is 3.43. The molecule has 0 aromatic heterocycles. The summed E-state index contributed by atoms with van der Waals surface area (Å²) in [6.07, 6.45) is 3.33. The van der Waals surface area contributed by atoms with Gasteiger partial charge >= 0.3 is 0 Å². The molecule has 0 aromatic rings. The molecule has 2 N–H and O–H groups in total. The zero-order chi connectivity index (χ0) is 10.7. The number of ether oxygens (including phenoxy) is 1. The summed E-state index contributed by atoms with van der Waals surface area (Å²) in [6, 6.07) is 0.292. The van der Waals surface area contributed by atoms with Crippen molar-refractivity contribution in [2.75, 3.05) is 33.3 Å². The first kappa shape index (κ1) is 11.3. The molecular formula is C11H22N2O2. The second-order valence-electron chi connectivity index (χ2n) is 4.77. The van der Waals surface area contributed by atoms with E-state index in [0.717, 1.165) is 45.5 Å². The number of aliphatic hydroxyl groups is 1. The first-order chi connectivity index (χ1) is 7.25. The fourth-order valence-corrected chi connectivity index (χ4v) is 2.45. The van der Waals surface area contributed by atoms with Crippen molar-refractivity contribution in [3.05, 3.63) is 0 Å². The van der Waals surface area contributed by atoms with Crippen molar-refractivity contribution in [2.24, 2.45) is 0 Å². The first-order valence-corrected chi connectivity index (χ1v) is 5.97. The van der Waals surface area contributed by atoms with Crippen LogP contribution in [0.5, 0.6) is 0 Å². The van der Waals surface area contributed by atoms with Crippen LogP contribution in [0, 0.1) is 0 Å². The van der Waals surface area contributed by atoms with Gasteiger partial charge in [0.25, 0.3) is 0 Å². The fourth-order valence-electron chi connectivity index (χ4n) is 2.45. The van der Waals surface area contributed by atoms with Gasteiger partial charge in [-0.1, -0.05) is 0 Å². The van der Waals surface area contributed by atoms with E-state index in [4.69, 9.17) is 4.74 Å². The smallest absolute Gasteiger partial charge is 0.0826 e. The highest BCUT2D eigenvalue weighted by molar-refractivity contribution is 4.84. The first-order valence-electron chi connectivity index (χ1n) is 5.97. The number of rotatable bonds is 3. The summed E-state index contributed by atoms with van der Waals surface area (Å²) in [5.74, 6) is 0. The van der Waals surface area contributed by atoms with Crippen LogP contribution in [0.4, 0.5) is 0 Å². The van der Waals surface area contributed by atoms with Gasteiger partial charge < -0.3 is 20.1 Å². The van der Waals surface area contributed by atoms with Crippen molar-refractivity contribution in [1.82, 2.24) is 10.2 Å². The average molecular weight is 214 g/mol. The second-order valence-corrected chi connectivity index (χ2v) is 4.77. The van der Waals surface area contributed by atoms with Gasteiger partial charge in [0, 0.05) is 25.7 Å². The lowest BCUT2D eigenvalue weighted by molar-refractivity contribution is -0.0209. The number of nitrogens with one attached hydrogen (secondary N) is 1. The molecule has 0 amide bonds. The van der Waals surface area contributed by atoms with Gasteiger partial charge in [0.05, 0.1) is 18.8 Å². The molecule has 15 heavy (non-hydrogen) atoms. The highest BCUT2D eigenvalue weighted by atomic mass is 16.5. The molecular weight excluding hydrogens is 192 g/mol. The Morgan fingerprint density at radius 3 is 3.00 bits per heavy atom. The Morgan fingerprint density at radius 1 is 1.47 bits per heavy atom. The van der Waals surface area contributed by atoms with E-state index in [2.05, 4.69) is 17.3 Å². The number of aliphatic hydroxyl groups excluding tert-OH is 1. The molecule has 1 aliphatic carbocycles. The SMILES string of the molecule is CN1CCOC(CN[C@H]2CCC[C@@H]2O)C1. The molecule has 1 saturated heterocycles. The number of morpholine rings is 1. The molecule has 0 radical (unpaired) electrons. The summed E-state index contributed by atoms with van der Waals surface area (Å²) < 4.78 is 5.66. The van der Waals surface area contributed by atoms with E-state index in [9.17, 15) is 5.11 Å². The quantitative estimate of drug-likeness (QED) is 0.684. The second kappa shape index (κ2) is 5.25. The monoisotopic (exact) mass is 214 g/mol. The van der Waals surface area contributed by atoms with Crippen LogP contribution in [0.2, 0.25) is 0 Å². The predicted octanol–water partition coefficient (Wildman–Crippen LogP) is -0.180. The molecule has 2 rings (SSSR count). The highest BCUT2D eigenvalue weighted by Crippen LogP contribution is 2.18. The molecule has 1 unspecified atom stereocenters. The third-order valence-electron chi connectivity index (χ3n) is 3.43. The number of hydrogen-bond donors (Lipinski definition) is 2. The summed E-state index contributed by atoms with van der Waals surface area (Å²) in [6.45, 7) is 3.72. The van der Waals surface area contributed by atoms with Gasteiger partial charge in [-0.25, -0.2) is 0 Å². The van der Waals surface area contributed by atoms with E-state index in [1.54, 1.807) is 0 Å². The van der Waals surface area contributed by atoms with Crippen LogP contribution in [-0.4, -0.2) is 61.5 Å². The Balaban J connectivity index is 1.68. The Labute approximate surface area is 91.6 Å². The maximum Gasteiger partial charge on any atom is 0.0826 e. The van der Waals surface area contributed by atoms with Gasteiger partial charge in [0.15, 0.2) is 0 Å². The summed E-state index contributed by atoms with van der Waals surface area (Å²) >= 11 is 0. The fraction of sp³-hybridized carbons (Fsp3) is 1.00. The highest BCUT2D eigenvalue weighted by Gasteiger charge is 2.26. The van der Waals surface area contributed by atoms with E-state index in [1.807, 2.05) is 0 Å². The lowest BCUT2D eigenvalue weighted by atomic mass is 10.2. The predicted molar refractivity (Wildman–Crippen MR) is 58.9 cm³/mol. The summed E-state index contributed by atoms with van der Waals surface area (Å²) in [7, 11) is 2.12. The normalized spacial score (nSPS) is 38.4. The van der Waals surface area contributed by atoms with Crippen LogP contribution >= 0.6 is 0 Å². The van der Waals surface area contributed by atoms with Gasteiger partial charge in [-0.15, -0.1) is 0 Å². The lowest BCUT2D eigenvalue weighted by Crippen LogP contribution is -2.48. The molecule has 2 aliphatic rings. The van der Waals surface area contributed by atoms with Crippen LogP contribution in [0.15, 0.2) is 0 Å². The summed E-state index contributed by atoms with van der Waals surface area (Å²) in [5.41, 5.74) is 0. The van der Waals surface area contributed by atoms with Crippen molar-refractivity contribution >= 4 is 0 Å². The maximum absolute atomic E-state index is 9.66. The van der Waals surface area contributed by atoms with Gasteiger partial charge in [-0.3, -0.25) is 0 Å². The van der Waals surface area contributed by atoms with Crippen LogP contribution < -0.4 is 5.32 Å². The molecule has 4 heteroatoms. The minimum absolute atomic E-state index is 0.147. The van der Waals surface area contributed by atoms with E-state index in [-0.39, 0.29) is 12.2 Å². The number of nitrogens with zero attached hydrogens (tertiary/aromatic N) is 1. The Kier molecular flexibility index (Phi) is 3.97. The van der Waals surface area contributed by atoms with Crippen molar-refractivity contribution < 1.29 is 9.84 Å². The molecule has 4 nitrogen and oxygen atoms in total. The zero-order valence-electron chi connectivity index (χ0n) is 9.48. The zero-order valence-corrected chi connectivity index (χ0v) is 9.48. The van der Waals surface area contributed by atoms with Crippen molar-refractivity contribution in [3.63, 3.8) is 0 Å². The molecule has 0 bridgehead atoms. The van der Waals surface area contributed by atoms with Gasteiger partial charge in [0.1, 0.15) is 0 Å². The molecule has 1 saturated carbocycles.